The molecule has 5 nitrogen and oxygen atoms in total. The molecule has 1 aromatic carbocycles. The lowest BCUT2D eigenvalue weighted by atomic mass is 9.95. The van der Waals surface area contributed by atoms with Crippen LogP contribution in [0.4, 0.5) is 5.69 Å². The summed E-state index contributed by atoms with van der Waals surface area (Å²) in [5.41, 5.74) is 0.763. The van der Waals surface area contributed by atoms with E-state index in [9.17, 15) is 10.1 Å². The molecule has 2 aliphatic rings. The fourth-order valence-corrected chi connectivity index (χ4v) is 3.77. The molecule has 3 rings (SSSR count). The number of fused-ring (bicyclic) bond motifs is 1. The van der Waals surface area contributed by atoms with Gasteiger partial charge in [0.1, 0.15) is 0 Å². The van der Waals surface area contributed by atoms with Crippen molar-refractivity contribution in [1.82, 2.24) is 10.2 Å². The van der Waals surface area contributed by atoms with Crippen molar-refractivity contribution in [2.75, 3.05) is 19.6 Å². The van der Waals surface area contributed by atoms with Gasteiger partial charge in [-0.05, 0) is 37.9 Å². The topological polar surface area (TPSA) is 58.4 Å². The van der Waals surface area contributed by atoms with Gasteiger partial charge < -0.3 is 5.32 Å². The zero-order chi connectivity index (χ0) is 14.3. The molecular weight excluding hydrogens is 278 g/mol. The number of nitrogens with zero attached hydrogens (tertiary/aromatic N) is 2. The van der Waals surface area contributed by atoms with E-state index in [1.54, 1.807) is 12.1 Å². The number of likely N-dealkylation sites (tertiary alicyclic amines) is 1. The first-order chi connectivity index (χ1) is 9.58. The molecule has 1 aromatic rings. The second kappa shape index (κ2) is 5.31. The van der Waals surface area contributed by atoms with E-state index in [-0.39, 0.29) is 10.6 Å². The van der Waals surface area contributed by atoms with Crippen molar-refractivity contribution in [3.05, 3.63) is 38.9 Å². The average molecular weight is 296 g/mol. The van der Waals surface area contributed by atoms with Crippen molar-refractivity contribution < 1.29 is 4.92 Å². The van der Waals surface area contributed by atoms with E-state index in [1.165, 1.54) is 6.07 Å². The van der Waals surface area contributed by atoms with Crippen LogP contribution in [0, 0.1) is 22.0 Å². The van der Waals surface area contributed by atoms with Gasteiger partial charge in [0.15, 0.2) is 0 Å². The Kier molecular flexibility index (Phi) is 3.67. The van der Waals surface area contributed by atoms with Crippen molar-refractivity contribution in [3.8, 4) is 0 Å². The summed E-state index contributed by atoms with van der Waals surface area (Å²) in [5.74, 6) is 1.31. The van der Waals surface area contributed by atoms with Crippen molar-refractivity contribution in [2.45, 2.75) is 19.5 Å². The van der Waals surface area contributed by atoms with Gasteiger partial charge in [-0.3, -0.25) is 15.0 Å². The van der Waals surface area contributed by atoms with Crippen LogP contribution in [-0.4, -0.2) is 35.5 Å². The van der Waals surface area contributed by atoms with Crippen molar-refractivity contribution in [2.24, 2.45) is 11.8 Å². The van der Waals surface area contributed by atoms with Gasteiger partial charge in [0, 0.05) is 25.2 Å². The molecule has 2 saturated heterocycles. The molecule has 0 aliphatic carbocycles. The zero-order valence-electron chi connectivity index (χ0n) is 11.4. The predicted molar refractivity (Wildman–Crippen MR) is 77.8 cm³/mol. The minimum absolute atomic E-state index is 0.125. The largest absolute Gasteiger partial charge is 0.316 e. The predicted octanol–water partition coefficient (Wildman–Crippen LogP) is 2.29. The molecule has 0 radical (unpaired) electrons. The number of nitro groups is 1. The van der Waals surface area contributed by atoms with E-state index in [2.05, 4.69) is 17.1 Å². The van der Waals surface area contributed by atoms with Crippen LogP contribution in [0.1, 0.15) is 12.5 Å². The first kappa shape index (κ1) is 13.8. The van der Waals surface area contributed by atoms with Gasteiger partial charge in [0.05, 0.1) is 15.5 Å². The minimum Gasteiger partial charge on any atom is -0.316 e. The summed E-state index contributed by atoms with van der Waals surface area (Å²) in [6.07, 6.45) is 0. The summed E-state index contributed by atoms with van der Waals surface area (Å²) >= 11 is 6.18. The van der Waals surface area contributed by atoms with Crippen molar-refractivity contribution in [3.63, 3.8) is 0 Å². The molecule has 108 valence electrons. The Hall–Kier alpha value is -1.17. The first-order valence-electron chi connectivity index (χ1n) is 6.94. The van der Waals surface area contributed by atoms with Crippen LogP contribution >= 0.6 is 11.6 Å². The van der Waals surface area contributed by atoms with E-state index in [1.807, 2.05) is 0 Å². The number of benzene rings is 1. The highest BCUT2D eigenvalue weighted by molar-refractivity contribution is 6.31. The maximum Gasteiger partial charge on any atom is 0.275 e. The summed E-state index contributed by atoms with van der Waals surface area (Å²) in [6.45, 7) is 5.86. The second-order valence-corrected chi connectivity index (χ2v) is 6.15. The Bertz CT molecular complexity index is 537. The third kappa shape index (κ3) is 2.30. The first-order valence-corrected chi connectivity index (χ1v) is 7.32. The Morgan fingerprint density at radius 1 is 1.50 bits per heavy atom. The minimum atomic E-state index is -0.343. The summed E-state index contributed by atoms with van der Waals surface area (Å²) < 4.78 is 0. The Labute approximate surface area is 123 Å². The van der Waals surface area contributed by atoms with E-state index < -0.39 is 0 Å². The normalized spacial score (nSPS) is 29.6. The smallest absolute Gasteiger partial charge is 0.275 e. The summed E-state index contributed by atoms with van der Waals surface area (Å²) in [7, 11) is 0. The van der Waals surface area contributed by atoms with E-state index in [0.717, 1.165) is 19.6 Å². The summed E-state index contributed by atoms with van der Waals surface area (Å²) in [5, 5.41) is 15.1. The molecule has 2 heterocycles. The standard InChI is InChI=1S/C14H18ClN3O2/c1-9-11-6-16-5-10(11)7-17(9)8-12-13(15)3-2-4-14(12)18(19)20/h2-4,9-11,16H,5-8H2,1H3. The quantitative estimate of drug-likeness (QED) is 0.686. The van der Waals surface area contributed by atoms with Crippen LogP contribution in [0.5, 0.6) is 0 Å². The molecule has 3 unspecified atom stereocenters. The SMILES string of the molecule is CC1C2CNCC2CN1Cc1c(Cl)cccc1[N+](=O)[O-]. The van der Waals surface area contributed by atoms with Gasteiger partial charge in [-0.1, -0.05) is 17.7 Å². The zero-order valence-corrected chi connectivity index (χ0v) is 12.1. The molecule has 6 heteroatoms. The van der Waals surface area contributed by atoms with Crippen LogP contribution in [0.2, 0.25) is 5.02 Å². The molecule has 20 heavy (non-hydrogen) atoms. The molecule has 1 N–H and O–H groups in total. The highest BCUT2D eigenvalue weighted by Gasteiger charge is 2.42. The van der Waals surface area contributed by atoms with Gasteiger partial charge in [0.25, 0.3) is 5.69 Å². The Morgan fingerprint density at radius 3 is 3.00 bits per heavy atom. The van der Waals surface area contributed by atoms with Gasteiger partial charge in [-0.15, -0.1) is 0 Å². The van der Waals surface area contributed by atoms with Gasteiger partial charge in [0.2, 0.25) is 0 Å². The number of hydrogen-bond donors (Lipinski definition) is 1. The second-order valence-electron chi connectivity index (χ2n) is 5.75. The molecule has 0 bridgehead atoms. The molecule has 2 fully saturated rings. The van der Waals surface area contributed by atoms with Crippen LogP contribution in [0.15, 0.2) is 18.2 Å². The lowest BCUT2D eigenvalue weighted by Crippen LogP contribution is -2.33. The molecule has 0 aromatic heterocycles. The average Bonchev–Trinajstić information content (AvgIpc) is 2.96. The maximum atomic E-state index is 11.1. The molecule has 0 amide bonds. The summed E-state index contributed by atoms with van der Waals surface area (Å²) in [6, 6.07) is 5.33. The lowest BCUT2D eigenvalue weighted by molar-refractivity contribution is -0.385. The van der Waals surface area contributed by atoms with E-state index >= 15 is 0 Å². The third-order valence-corrected chi connectivity index (χ3v) is 5.06. The molecule has 0 saturated carbocycles. The number of rotatable bonds is 3. The fourth-order valence-electron chi connectivity index (χ4n) is 3.54. The molecule has 0 spiro atoms. The highest BCUT2D eigenvalue weighted by atomic mass is 35.5. The number of hydrogen-bond acceptors (Lipinski definition) is 4. The van der Waals surface area contributed by atoms with Gasteiger partial charge >= 0.3 is 0 Å². The number of halogens is 1. The van der Waals surface area contributed by atoms with Crippen LogP contribution in [0.3, 0.4) is 0 Å². The fraction of sp³-hybridized carbons (Fsp3) is 0.571. The van der Waals surface area contributed by atoms with E-state index in [4.69, 9.17) is 11.6 Å². The van der Waals surface area contributed by atoms with Crippen molar-refractivity contribution in [1.29, 1.82) is 0 Å². The molecular formula is C14H18ClN3O2. The van der Waals surface area contributed by atoms with Crippen LogP contribution in [0.25, 0.3) is 0 Å². The van der Waals surface area contributed by atoms with Crippen LogP contribution in [-0.2, 0) is 6.54 Å². The molecule has 3 atom stereocenters. The molecule has 2 aliphatic heterocycles. The van der Waals surface area contributed by atoms with Gasteiger partial charge in [-0.2, -0.15) is 0 Å². The van der Waals surface area contributed by atoms with E-state index in [0.29, 0.717) is 35.0 Å². The highest BCUT2D eigenvalue weighted by Crippen LogP contribution is 2.36. The lowest BCUT2D eigenvalue weighted by Gasteiger charge is -2.24. The van der Waals surface area contributed by atoms with Gasteiger partial charge in [-0.25, -0.2) is 0 Å². The maximum absolute atomic E-state index is 11.1. The number of nitrogens with one attached hydrogen (secondary N) is 1. The Morgan fingerprint density at radius 2 is 2.30 bits per heavy atom. The van der Waals surface area contributed by atoms with Crippen molar-refractivity contribution >= 4 is 17.3 Å². The third-order valence-electron chi connectivity index (χ3n) is 4.71. The number of nitro benzene ring substituents is 1. The monoisotopic (exact) mass is 295 g/mol. The summed E-state index contributed by atoms with van der Waals surface area (Å²) in [4.78, 5) is 13.1. The Balaban J connectivity index is 1.83. The van der Waals surface area contributed by atoms with Crippen LogP contribution < -0.4 is 5.32 Å².